The number of nitrogens with one attached hydrogen (secondary N) is 1. The van der Waals surface area contributed by atoms with Crippen molar-refractivity contribution in [3.05, 3.63) is 59.4 Å². The van der Waals surface area contributed by atoms with E-state index in [0.29, 0.717) is 12.1 Å². The number of fused-ring (bicyclic) bond motifs is 1. The molecule has 22 heavy (non-hydrogen) atoms. The van der Waals surface area contributed by atoms with Gasteiger partial charge in [-0.25, -0.2) is 0 Å². The molecule has 1 aromatic heterocycles. The number of nitrogens with two attached hydrogens (primary N) is 1. The minimum absolute atomic E-state index is 0. The Kier molecular flexibility index (Phi) is 5.83. The standard InChI is InChI=1S/C16H17N3OS.ClH/c17-10-12-9-11(5-7-18-12)16(20)19-14-6-8-21-15-4-2-1-3-13(14)15;/h1-5,7,9,14H,6,8,10,17H2,(H,19,20);1H. The second-order valence-corrected chi connectivity index (χ2v) is 6.08. The number of aromatic nitrogens is 1. The molecule has 0 saturated heterocycles. The summed E-state index contributed by atoms with van der Waals surface area (Å²) >= 11 is 1.84. The summed E-state index contributed by atoms with van der Waals surface area (Å²) in [5.74, 6) is 0.950. The number of amides is 1. The summed E-state index contributed by atoms with van der Waals surface area (Å²) in [5.41, 5.74) is 8.11. The zero-order valence-corrected chi connectivity index (χ0v) is 13.6. The lowest BCUT2D eigenvalue weighted by Crippen LogP contribution is -2.30. The number of pyridine rings is 1. The monoisotopic (exact) mass is 335 g/mol. The van der Waals surface area contributed by atoms with Crippen LogP contribution in [0.4, 0.5) is 0 Å². The molecule has 2 aromatic rings. The predicted octanol–water partition coefficient (Wildman–Crippen LogP) is 2.93. The van der Waals surface area contributed by atoms with Crippen molar-refractivity contribution >= 4 is 30.1 Å². The van der Waals surface area contributed by atoms with Crippen molar-refractivity contribution < 1.29 is 4.79 Å². The molecule has 0 spiro atoms. The zero-order chi connectivity index (χ0) is 14.7. The highest BCUT2D eigenvalue weighted by molar-refractivity contribution is 7.99. The summed E-state index contributed by atoms with van der Waals surface area (Å²) in [5, 5.41) is 3.12. The molecule has 3 N–H and O–H groups in total. The number of nitrogens with zero attached hydrogens (tertiary/aromatic N) is 1. The van der Waals surface area contributed by atoms with Crippen LogP contribution in [0.2, 0.25) is 0 Å². The molecule has 1 atom stereocenters. The summed E-state index contributed by atoms with van der Waals surface area (Å²) in [6, 6.07) is 11.8. The molecule has 0 bridgehead atoms. The molecule has 1 aromatic carbocycles. The van der Waals surface area contributed by atoms with Gasteiger partial charge in [-0.3, -0.25) is 9.78 Å². The van der Waals surface area contributed by atoms with Gasteiger partial charge < -0.3 is 11.1 Å². The first-order valence-corrected chi connectivity index (χ1v) is 7.94. The van der Waals surface area contributed by atoms with E-state index >= 15 is 0 Å². The minimum Gasteiger partial charge on any atom is -0.345 e. The fourth-order valence-electron chi connectivity index (χ4n) is 2.46. The number of hydrogen-bond acceptors (Lipinski definition) is 4. The summed E-state index contributed by atoms with van der Waals surface area (Å²) < 4.78 is 0. The van der Waals surface area contributed by atoms with Crippen LogP contribution in [0, 0.1) is 0 Å². The Balaban J connectivity index is 0.00000176. The number of halogens is 1. The minimum atomic E-state index is -0.0706. The summed E-state index contributed by atoms with van der Waals surface area (Å²) in [6.07, 6.45) is 2.57. The third-order valence-electron chi connectivity index (χ3n) is 3.55. The molecule has 1 unspecified atom stereocenters. The topological polar surface area (TPSA) is 68.0 Å². The summed E-state index contributed by atoms with van der Waals surface area (Å²) in [4.78, 5) is 17.8. The predicted molar refractivity (Wildman–Crippen MR) is 91.4 cm³/mol. The number of thioether (sulfide) groups is 1. The number of hydrogen-bond donors (Lipinski definition) is 2. The molecule has 0 radical (unpaired) electrons. The third kappa shape index (κ3) is 3.61. The normalized spacial score (nSPS) is 16.3. The lowest BCUT2D eigenvalue weighted by molar-refractivity contribution is 0.0934. The van der Waals surface area contributed by atoms with Crippen LogP contribution in [0.15, 0.2) is 47.5 Å². The van der Waals surface area contributed by atoms with E-state index in [-0.39, 0.29) is 24.4 Å². The average Bonchev–Trinajstić information content (AvgIpc) is 2.55. The largest absolute Gasteiger partial charge is 0.345 e. The first kappa shape index (κ1) is 16.8. The second-order valence-electron chi connectivity index (χ2n) is 4.94. The van der Waals surface area contributed by atoms with E-state index in [0.717, 1.165) is 17.9 Å². The highest BCUT2D eigenvalue weighted by Gasteiger charge is 2.22. The number of carbonyl (C=O) groups is 1. The molecular weight excluding hydrogens is 318 g/mol. The van der Waals surface area contributed by atoms with Crippen molar-refractivity contribution in [2.75, 3.05) is 5.75 Å². The summed E-state index contributed by atoms with van der Waals surface area (Å²) in [6.45, 7) is 0.337. The van der Waals surface area contributed by atoms with Crippen molar-refractivity contribution in [3.63, 3.8) is 0 Å². The van der Waals surface area contributed by atoms with Gasteiger partial charge in [-0.1, -0.05) is 18.2 Å². The molecule has 2 heterocycles. The Hall–Kier alpha value is -1.56. The SMILES string of the molecule is Cl.NCc1cc(C(=O)NC2CCSc3ccccc32)ccn1. The van der Waals surface area contributed by atoms with Gasteiger partial charge in [0.1, 0.15) is 0 Å². The van der Waals surface area contributed by atoms with Crippen LogP contribution in [-0.4, -0.2) is 16.6 Å². The molecule has 1 aliphatic heterocycles. The molecule has 0 aliphatic carbocycles. The van der Waals surface area contributed by atoms with Crippen LogP contribution in [0.25, 0.3) is 0 Å². The van der Waals surface area contributed by atoms with Crippen LogP contribution < -0.4 is 11.1 Å². The Morgan fingerprint density at radius 3 is 3.00 bits per heavy atom. The number of rotatable bonds is 3. The van der Waals surface area contributed by atoms with Crippen LogP contribution in [-0.2, 0) is 6.54 Å². The van der Waals surface area contributed by atoms with Crippen LogP contribution in [0.5, 0.6) is 0 Å². The van der Waals surface area contributed by atoms with E-state index in [1.807, 2.05) is 23.9 Å². The van der Waals surface area contributed by atoms with E-state index in [2.05, 4.69) is 22.4 Å². The first-order chi connectivity index (χ1) is 10.3. The highest BCUT2D eigenvalue weighted by Crippen LogP contribution is 2.35. The molecule has 3 rings (SSSR count). The van der Waals surface area contributed by atoms with Gasteiger partial charge in [-0.05, 0) is 30.2 Å². The lowest BCUT2D eigenvalue weighted by Gasteiger charge is -2.25. The van der Waals surface area contributed by atoms with Gasteiger partial charge in [0.25, 0.3) is 5.91 Å². The number of carbonyl (C=O) groups excluding carboxylic acids is 1. The van der Waals surface area contributed by atoms with E-state index in [1.165, 1.54) is 10.5 Å². The van der Waals surface area contributed by atoms with Gasteiger partial charge >= 0.3 is 0 Å². The van der Waals surface area contributed by atoms with Crippen molar-refractivity contribution in [3.8, 4) is 0 Å². The van der Waals surface area contributed by atoms with Gasteiger partial charge in [0.2, 0.25) is 0 Å². The van der Waals surface area contributed by atoms with Gasteiger partial charge in [-0.2, -0.15) is 0 Å². The second kappa shape index (κ2) is 7.63. The van der Waals surface area contributed by atoms with E-state index in [4.69, 9.17) is 5.73 Å². The van der Waals surface area contributed by atoms with Gasteiger partial charge in [-0.15, -0.1) is 24.2 Å². The van der Waals surface area contributed by atoms with Crippen molar-refractivity contribution in [2.24, 2.45) is 5.73 Å². The zero-order valence-electron chi connectivity index (χ0n) is 12.0. The van der Waals surface area contributed by atoms with Gasteiger partial charge in [0.15, 0.2) is 0 Å². The molecule has 4 nitrogen and oxygen atoms in total. The fraction of sp³-hybridized carbons (Fsp3) is 0.250. The Labute approximate surface area is 140 Å². The first-order valence-electron chi connectivity index (χ1n) is 6.95. The quantitative estimate of drug-likeness (QED) is 0.905. The molecule has 0 saturated carbocycles. The van der Waals surface area contributed by atoms with Crippen molar-refractivity contribution in [2.45, 2.75) is 23.9 Å². The Morgan fingerprint density at radius 1 is 1.36 bits per heavy atom. The molecule has 116 valence electrons. The van der Waals surface area contributed by atoms with Crippen molar-refractivity contribution in [1.29, 1.82) is 0 Å². The average molecular weight is 336 g/mol. The van der Waals surface area contributed by atoms with Crippen LogP contribution in [0.1, 0.15) is 34.1 Å². The van der Waals surface area contributed by atoms with E-state index < -0.39 is 0 Å². The maximum atomic E-state index is 12.4. The number of benzene rings is 1. The van der Waals surface area contributed by atoms with Crippen LogP contribution >= 0.6 is 24.2 Å². The molecule has 1 amide bonds. The smallest absolute Gasteiger partial charge is 0.251 e. The molecule has 0 fully saturated rings. The maximum absolute atomic E-state index is 12.4. The summed E-state index contributed by atoms with van der Waals surface area (Å²) in [7, 11) is 0. The molecular formula is C16H18ClN3OS. The maximum Gasteiger partial charge on any atom is 0.251 e. The van der Waals surface area contributed by atoms with E-state index in [9.17, 15) is 4.79 Å². The van der Waals surface area contributed by atoms with Gasteiger partial charge in [0.05, 0.1) is 11.7 Å². The Morgan fingerprint density at radius 2 is 2.18 bits per heavy atom. The Bertz CT molecular complexity index is 665. The van der Waals surface area contributed by atoms with Crippen molar-refractivity contribution in [1.82, 2.24) is 10.3 Å². The molecule has 1 aliphatic rings. The third-order valence-corrected chi connectivity index (χ3v) is 4.67. The fourth-order valence-corrected chi connectivity index (χ4v) is 3.59. The highest BCUT2D eigenvalue weighted by atomic mass is 35.5. The van der Waals surface area contributed by atoms with E-state index in [1.54, 1.807) is 18.3 Å². The van der Waals surface area contributed by atoms with Gasteiger partial charge in [0, 0.05) is 29.0 Å². The molecule has 6 heteroatoms. The lowest BCUT2D eigenvalue weighted by atomic mass is 10.0. The van der Waals surface area contributed by atoms with Crippen LogP contribution in [0.3, 0.4) is 0 Å².